The summed E-state index contributed by atoms with van der Waals surface area (Å²) in [5.74, 6) is 1.59. The molecular formula is C13H19N. The van der Waals surface area contributed by atoms with E-state index in [1.54, 1.807) is 0 Å². The molecular weight excluding hydrogens is 170 g/mol. The molecule has 0 aliphatic carbocycles. The molecule has 1 atom stereocenters. The van der Waals surface area contributed by atoms with Crippen molar-refractivity contribution in [1.82, 2.24) is 5.32 Å². The highest BCUT2D eigenvalue weighted by atomic mass is 14.9. The third-order valence-corrected chi connectivity index (χ3v) is 3.42. The molecule has 1 aromatic rings. The quantitative estimate of drug-likeness (QED) is 0.754. The van der Waals surface area contributed by atoms with E-state index in [-0.39, 0.29) is 0 Å². The Kier molecular flexibility index (Phi) is 3.20. The number of hydrogen-bond acceptors (Lipinski definition) is 1. The molecule has 0 amide bonds. The minimum atomic E-state index is 0.721. The van der Waals surface area contributed by atoms with Gasteiger partial charge in [0.15, 0.2) is 0 Å². The van der Waals surface area contributed by atoms with E-state index in [1.165, 1.54) is 31.5 Å². The van der Waals surface area contributed by atoms with Crippen LogP contribution in [0.5, 0.6) is 0 Å². The lowest BCUT2D eigenvalue weighted by Gasteiger charge is -2.28. The molecule has 2 rings (SSSR count). The third-order valence-electron chi connectivity index (χ3n) is 3.42. The molecule has 0 spiro atoms. The Morgan fingerprint density at radius 3 is 2.43 bits per heavy atom. The molecule has 0 unspecified atom stereocenters. The van der Waals surface area contributed by atoms with Gasteiger partial charge in [-0.05, 0) is 43.3 Å². The molecule has 1 aliphatic heterocycles. The van der Waals surface area contributed by atoms with Crippen molar-refractivity contribution in [3.63, 3.8) is 0 Å². The fraction of sp³-hybridized carbons (Fsp3) is 0.538. The average Bonchev–Trinajstić information content (AvgIpc) is 2.30. The zero-order valence-corrected chi connectivity index (χ0v) is 8.87. The van der Waals surface area contributed by atoms with Gasteiger partial charge >= 0.3 is 0 Å². The minimum absolute atomic E-state index is 0.721. The SMILES string of the molecule is C[C@@H](c1ccccc1)C1CCNCC1. The van der Waals surface area contributed by atoms with Crippen LogP contribution < -0.4 is 5.32 Å². The van der Waals surface area contributed by atoms with Crippen molar-refractivity contribution in [2.45, 2.75) is 25.7 Å². The molecule has 1 aliphatic rings. The standard InChI is InChI=1S/C13H19N/c1-11(12-5-3-2-4-6-12)13-7-9-14-10-8-13/h2-6,11,13-14H,7-10H2,1H3/t11-/m0/s1. The van der Waals surface area contributed by atoms with E-state index >= 15 is 0 Å². The van der Waals surface area contributed by atoms with Crippen molar-refractivity contribution >= 4 is 0 Å². The molecule has 14 heavy (non-hydrogen) atoms. The molecule has 1 N–H and O–H groups in total. The maximum Gasteiger partial charge on any atom is -0.00461 e. The second kappa shape index (κ2) is 4.61. The molecule has 0 bridgehead atoms. The van der Waals surface area contributed by atoms with Crippen LogP contribution in [0, 0.1) is 5.92 Å². The van der Waals surface area contributed by atoms with Crippen molar-refractivity contribution in [2.75, 3.05) is 13.1 Å². The van der Waals surface area contributed by atoms with E-state index in [2.05, 4.69) is 42.6 Å². The molecule has 1 saturated heterocycles. The van der Waals surface area contributed by atoms with E-state index in [0.717, 1.165) is 11.8 Å². The lowest BCUT2D eigenvalue weighted by Crippen LogP contribution is -2.30. The summed E-state index contributed by atoms with van der Waals surface area (Å²) in [6.45, 7) is 4.76. The van der Waals surface area contributed by atoms with Crippen LogP contribution in [0.3, 0.4) is 0 Å². The Morgan fingerprint density at radius 1 is 1.14 bits per heavy atom. The molecule has 0 radical (unpaired) electrons. The first-order valence-corrected chi connectivity index (χ1v) is 5.63. The zero-order chi connectivity index (χ0) is 9.80. The van der Waals surface area contributed by atoms with Gasteiger partial charge in [0.25, 0.3) is 0 Å². The van der Waals surface area contributed by atoms with Crippen molar-refractivity contribution < 1.29 is 0 Å². The van der Waals surface area contributed by atoms with Crippen molar-refractivity contribution in [2.24, 2.45) is 5.92 Å². The van der Waals surface area contributed by atoms with Gasteiger partial charge in [0.2, 0.25) is 0 Å². The topological polar surface area (TPSA) is 12.0 Å². The lowest BCUT2D eigenvalue weighted by molar-refractivity contribution is 0.330. The molecule has 0 saturated carbocycles. The predicted molar refractivity (Wildman–Crippen MR) is 60.5 cm³/mol. The Bertz CT molecular complexity index is 262. The van der Waals surface area contributed by atoms with Crippen LogP contribution >= 0.6 is 0 Å². The molecule has 0 aromatic heterocycles. The smallest absolute Gasteiger partial charge is 0.00461 e. The fourth-order valence-corrected chi connectivity index (χ4v) is 2.37. The van der Waals surface area contributed by atoms with E-state index in [1.807, 2.05) is 0 Å². The van der Waals surface area contributed by atoms with Crippen molar-refractivity contribution in [3.05, 3.63) is 35.9 Å². The first-order chi connectivity index (χ1) is 6.88. The Hall–Kier alpha value is -0.820. The average molecular weight is 189 g/mol. The van der Waals surface area contributed by atoms with Crippen LogP contribution in [-0.4, -0.2) is 13.1 Å². The van der Waals surface area contributed by atoms with Crippen LogP contribution in [0.1, 0.15) is 31.2 Å². The molecule has 1 aromatic carbocycles. The van der Waals surface area contributed by atoms with Gasteiger partial charge in [0.05, 0.1) is 0 Å². The van der Waals surface area contributed by atoms with Crippen LogP contribution in [0.15, 0.2) is 30.3 Å². The largest absolute Gasteiger partial charge is 0.317 e. The molecule has 76 valence electrons. The van der Waals surface area contributed by atoms with Gasteiger partial charge in [-0.15, -0.1) is 0 Å². The monoisotopic (exact) mass is 189 g/mol. The summed E-state index contributed by atoms with van der Waals surface area (Å²) in [4.78, 5) is 0. The first kappa shape index (κ1) is 9.72. The summed E-state index contributed by atoms with van der Waals surface area (Å²) in [5, 5.41) is 3.42. The van der Waals surface area contributed by atoms with Gasteiger partial charge < -0.3 is 5.32 Å². The van der Waals surface area contributed by atoms with Gasteiger partial charge in [-0.1, -0.05) is 37.3 Å². The molecule has 1 heterocycles. The third kappa shape index (κ3) is 2.16. The molecule has 1 nitrogen and oxygen atoms in total. The Balaban J connectivity index is 2.03. The second-order valence-electron chi connectivity index (χ2n) is 4.29. The van der Waals surface area contributed by atoms with Crippen LogP contribution in [-0.2, 0) is 0 Å². The maximum atomic E-state index is 3.42. The normalized spacial score (nSPS) is 20.6. The number of rotatable bonds is 2. The van der Waals surface area contributed by atoms with E-state index in [0.29, 0.717) is 0 Å². The number of nitrogens with one attached hydrogen (secondary N) is 1. The summed E-state index contributed by atoms with van der Waals surface area (Å²) >= 11 is 0. The Morgan fingerprint density at radius 2 is 1.79 bits per heavy atom. The van der Waals surface area contributed by atoms with Gasteiger partial charge in [0, 0.05) is 0 Å². The van der Waals surface area contributed by atoms with Gasteiger partial charge in [-0.3, -0.25) is 0 Å². The first-order valence-electron chi connectivity index (χ1n) is 5.63. The minimum Gasteiger partial charge on any atom is -0.317 e. The van der Waals surface area contributed by atoms with Crippen LogP contribution in [0.2, 0.25) is 0 Å². The number of hydrogen-bond donors (Lipinski definition) is 1. The van der Waals surface area contributed by atoms with E-state index < -0.39 is 0 Å². The Labute approximate surface area is 86.5 Å². The molecule has 1 fully saturated rings. The van der Waals surface area contributed by atoms with Gasteiger partial charge in [-0.2, -0.15) is 0 Å². The fourth-order valence-electron chi connectivity index (χ4n) is 2.37. The highest BCUT2D eigenvalue weighted by Crippen LogP contribution is 2.29. The van der Waals surface area contributed by atoms with Crippen LogP contribution in [0.4, 0.5) is 0 Å². The van der Waals surface area contributed by atoms with Gasteiger partial charge in [0.1, 0.15) is 0 Å². The van der Waals surface area contributed by atoms with E-state index in [9.17, 15) is 0 Å². The summed E-state index contributed by atoms with van der Waals surface area (Å²) in [5.41, 5.74) is 1.50. The highest BCUT2D eigenvalue weighted by Gasteiger charge is 2.20. The van der Waals surface area contributed by atoms with Crippen molar-refractivity contribution in [1.29, 1.82) is 0 Å². The predicted octanol–water partition coefficient (Wildman–Crippen LogP) is 2.79. The van der Waals surface area contributed by atoms with Gasteiger partial charge in [-0.25, -0.2) is 0 Å². The molecule has 1 heteroatoms. The van der Waals surface area contributed by atoms with Crippen molar-refractivity contribution in [3.8, 4) is 0 Å². The summed E-state index contributed by atoms with van der Waals surface area (Å²) in [6.07, 6.45) is 2.66. The number of piperidine rings is 1. The van der Waals surface area contributed by atoms with Crippen LogP contribution in [0.25, 0.3) is 0 Å². The number of benzene rings is 1. The second-order valence-corrected chi connectivity index (χ2v) is 4.29. The zero-order valence-electron chi connectivity index (χ0n) is 8.87. The summed E-state index contributed by atoms with van der Waals surface area (Å²) in [6, 6.07) is 10.9. The maximum absolute atomic E-state index is 3.42. The summed E-state index contributed by atoms with van der Waals surface area (Å²) < 4.78 is 0. The summed E-state index contributed by atoms with van der Waals surface area (Å²) in [7, 11) is 0. The highest BCUT2D eigenvalue weighted by molar-refractivity contribution is 5.19. The van der Waals surface area contributed by atoms with E-state index in [4.69, 9.17) is 0 Å². The lowest BCUT2D eigenvalue weighted by atomic mass is 9.82.